The van der Waals surface area contributed by atoms with Crippen molar-refractivity contribution in [2.45, 2.75) is 45.3 Å². The van der Waals surface area contributed by atoms with Crippen molar-refractivity contribution in [2.24, 2.45) is 7.05 Å². The monoisotopic (exact) mass is 680 g/mol. The van der Waals surface area contributed by atoms with E-state index >= 15 is 0 Å². The number of amides is 1. The Labute approximate surface area is 287 Å². The highest BCUT2D eigenvalue weighted by Crippen LogP contribution is 2.36. The zero-order chi connectivity index (χ0) is 34.9. The molecule has 1 saturated heterocycles. The van der Waals surface area contributed by atoms with E-state index in [1.165, 1.54) is 23.3 Å². The van der Waals surface area contributed by atoms with Gasteiger partial charge in [0.2, 0.25) is 5.91 Å². The molecule has 5 heterocycles. The van der Waals surface area contributed by atoms with Gasteiger partial charge in [0.05, 0.1) is 30.3 Å². The number of aliphatic hydroxyl groups is 1. The number of rotatable bonds is 4. The van der Waals surface area contributed by atoms with Gasteiger partial charge in [-0.1, -0.05) is 38.1 Å². The molecule has 6 aromatic rings. The summed E-state index contributed by atoms with van der Waals surface area (Å²) in [5.41, 5.74) is 4.38. The smallest absolute Gasteiger partial charge is 0.245 e. The molecular weight excluding hydrogens is 642 g/mol. The third-order valence-electron chi connectivity index (χ3n) is 9.25. The van der Waals surface area contributed by atoms with Crippen molar-refractivity contribution in [1.29, 1.82) is 0 Å². The second-order valence-corrected chi connectivity index (χ2v) is 12.2. The van der Waals surface area contributed by atoms with E-state index in [2.05, 4.69) is 27.2 Å². The predicted octanol–water partition coefficient (Wildman–Crippen LogP) is 5.47. The molecule has 0 radical (unpaired) electrons. The summed E-state index contributed by atoms with van der Waals surface area (Å²) in [6.45, 7) is 4.75. The van der Waals surface area contributed by atoms with Crippen LogP contribution >= 0.6 is 0 Å². The van der Waals surface area contributed by atoms with Gasteiger partial charge in [-0.3, -0.25) is 9.48 Å². The fraction of sp³-hybridized carbons (Fsp3) is 0.324. The number of hydrogen-bond acceptors (Lipinski definition) is 8. The van der Waals surface area contributed by atoms with E-state index in [0.29, 0.717) is 55.0 Å². The average molecular weight is 681 g/mol. The molecule has 0 aliphatic carbocycles. The Hall–Kier alpha value is -5.43. The third-order valence-corrected chi connectivity index (χ3v) is 9.25. The van der Waals surface area contributed by atoms with Crippen LogP contribution in [0, 0.1) is 11.6 Å². The fourth-order valence-electron chi connectivity index (χ4n) is 7.11. The van der Waals surface area contributed by atoms with Crippen LogP contribution in [0.2, 0.25) is 0 Å². The Morgan fingerprint density at radius 2 is 1.88 bits per heavy atom. The van der Waals surface area contributed by atoms with Crippen LogP contribution in [-0.2, 0) is 18.3 Å². The molecule has 3 aromatic heterocycles. The number of aromatic nitrogens is 6. The summed E-state index contributed by atoms with van der Waals surface area (Å²) < 4.78 is 38.3. The lowest BCUT2D eigenvalue weighted by molar-refractivity contribution is -0.133. The summed E-state index contributed by atoms with van der Waals surface area (Å²) in [7, 11) is 1.94. The number of carbonyl (C=O) groups is 1. The molecule has 11 nitrogen and oxygen atoms in total. The Bertz CT molecular complexity index is 2180. The summed E-state index contributed by atoms with van der Waals surface area (Å²) in [6.07, 6.45) is 4.20. The van der Waals surface area contributed by atoms with Gasteiger partial charge in [-0.2, -0.15) is 10.2 Å². The highest BCUT2D eigenvalue weighted by Gasteiger charge is 2.42. The lowest BCUT2D eigenvalue weighted by Gasteiger charge is -2.30. The number of β-amino-alcohol motifs (C(OH)–C–C–N with tert-alkyl or cyclic N) is 1. The highest BCUT2D eigenvalue weighted by atomic mass is 19.1. The van der Waals surface area contributed by atoms with Crippen molar-refractivity contribution in [3.05, 3.63) is 90.5 Å². The topological polar surface area (TPSA) is 114 Å². The van der Waals surface area contributed by atoms with Crippen LogP contribution in [0.4, 0.5) is 14.6 Å². The minimum atomic E-state index is -0.785. The van der Waals surface area contributed by atoms with Crippen molar-refractivity contribution in [2.75, 3.05) is 31.1 Å². The van der Waals surface area contributed by atoms with Crippen LogP contribution in [-0.4, -0.2) is 83.8 Å². The Morgan fingerprint density at radius 1 is 1.04 bits per heavy atom. The third kappa shape index (κ3) is 5.91. The Kier molecular flexibility index (Phi) is 9.15. The number of fused-ring (bicyclic) bond motifs is 6. The lowest BCUT2D eigenvalue weighted by Crippen LogP contribution is -2.47. The standard InChI is InChI=1S/C35H32F2N8O3.C2H6/c1-42-30-9-4-12-43(13-14-46)35(47)31-17-24(48-23-6-2-5-21(15-23)25-7-3-8-28(41-42)32(25)30)19-44(31)33-26-18-40-45(34(26)39-20-38-33)29-11-10-22(36)16-27(29)37;1-2/h2-3,5-8,10-11,15-16,18,20,24,31,46H,4,9,12-14,17,19H2,1H3;1-2H3/t24?,31-;/m0./s1. The van der Waals surface area contributed by atoms with Crippen LogP contribution in [0.3, 0.4) is 0 Å². The van der Waals surface area contributed by atoms with Gasteiger partial charge < -0.3 is 19.6 Å². The second-order valence-electron chi connectivity index (χ2n) is 12.2. The number of halogens is 2. The molecule has 1 fully saturated rings. The van der Waals surface area contributed by atoms with E-state index in [0.717, 1.165) is 39.9 Å². The molecule has 0 saturated carbocycles. The first-order chi connectivity index (χ1) is 24.4. The molecule has 4 bridgehead atoms. The summed E-state index contributed by atoms with van der Waals surface area (Å²) in [5, 5.41) is 20.7. The van der Waals surface area contributed by atoms with E-state index in [9.17, 15) is 18.7 Å². The number of aliphatic hydroxyl groups excluding tert-OH is 1. The summed E-state index contributed by atoms with van der Waals surface area (Å²) in [6, 6.07) is 16.7. The molecule has 2 aliphatic heterocycles. The first-order valence-electron chi connectivity index (χ1n) is 16.9. The molecule has 2 aliphatic rings. The first-order valence-corrected chi connectivity index (χ1v) is 16.9. The highest BCUT2D eigenvalue weighted by molar-refractivity contribution is 5.97. The summed E-state index contributed by atoms with van der Waals surface area (Å²) in [5.74, 6) is -0.523. The number of nitrogens with zero attached hydrogens (tertiary/aromatic N) is 8. The second kappa shape index (κ2) is 13.8. The van der Waals surface area contributed by atoms with Gasteiger partial charge in [-0.15, -0.1) is 0 Å². The lowest BCUT2D eigenvalue weighted by atomic mass is 9.98. The SMILES string of the molecule is CC.Cn1nc2cccc3c2c1CCCN(CCO)C(=O)[C@@H]1CC(CN1c1ncnc2c1cnn2-c1ccc(F)cc1F)Oc1cccc-3c1. The van der Waals surface area contributed by atoms with Crippen molar-refractivity contribution >= 4 is 33.7 Å². The number of benzene rings is 3. The van der Waals surface area contributed by atoms with Gasteiger partial charge >= 0.3 is 0 Å². The van der Waals surface area contributed by atoms with Crippen LogP contribution in [0.25, 0.3) is 38.8 Å². The molecule has 258 valence electrons. The molecule has 13 heteroatoms. The predicted molar refractivity (Wildman–Crippen MR) is 186 cm³/mol. The molecule has 8 rings (SSSR count). The maximum Gasteiger partial charge on any atom is 0.245 e. The number of anilines is 1. The van der Waals surface area contributed by atoms with Crippen molar-refractivity contribution in [3.63, 3.8) is 0 Å². The molecule has 1 unspecified atom stereocenters. The van der Waals surface area contributed by atoms with E-state index in [1.54, 1.807) is 4.90 Å². The maximum absolute atomic E-state index is 14.8. The molecule has 2 atom stereocenters. The zero-order valence-corrected chi connectivity index (χ0v) is 28.1. The fourth-order valence-corrected chi connectivity index (χ4v) is 7.11. The van der Waals surface area contributed by atoms with E-state index < -0.39 is 17.7 Å². The summed E-state index contributed by atoms with van der Waals surface area (Å²) >= 11 is 0. The quantitative estimate of drug-likeness (QED) is 0.261. The van der Waals surface area contributed by atoms with Crippen LogP contribution in [0.5, 0.6) is 5.75 Å². The Balaban J connectivity index is 0.00000193. The van der Waals surface area contributed by atoms with Gasteiger partial charge in [0.15, 0.2) is 11.5 Å². The van der Waals surface area contributed by atoms with Crippen LogP contribution in [0.1, 0.15) is 32.4 Å². The minimum absolute atomic E-state index is 0.0361. The van der Waals surface area contributed by atoms with Crippen LogP contribution < -0.4 is 9.64 Å². The molecule has 3 aromatic carbocycles. The van der Waals surface area contributed by atoms with Crippen molar-refractivity contribution in [1.82, 2.24) is 34.4 Å². The van der Waals surface area contributed by atoms with E-state index in [-0.39, 0.29) is 30.9 Å². The normalized spacial score (nSPS) is 17.7. The molecule has 1 N–H and O–H groups in total. The Morgan fingerprint density at radius 3 is 2.70 bits per heavy atom. The molecule has 50 heavy (non-hydrogen) atoms. The van der Waals surface area contributed by atoms with Crippen molar-refractivity contribution in [3.8, 4) is 22.6 Å². The van der Waals surface area contributed by atoms with Gasteiger partial charge in [0.25, 0.3) is 0 Å². The van der Waals surface area contributed by atoms with Gasteiger partial charge in [-0.05, 0) is 54.3 Å². The van der Waals surface area contributed by atoms with E-state index in [1.807, 2.05) is 60.8 Å². The number of hydrogen-bond donors (Lipinski definition) is 1. The van der Waals surface area contributed by atoms with Crippen LogP contribution in [0.15, 0.2) is 73.2 Å². The van der Waals surface area contributed by atoms with E-state index in [4.69, 9.17) is 9.84 Å². The van der Waals surface area contributed by atoms with Gasteiger partial charge in [0.1, 0.15) is 41.5 Å². The van der Waals surface area contributed by atoms with Gasteiger partial charge in [-0.25, -0.2) is 23.4 Å². The zero-order valence-electron chi connectivity index (χ0n) is 28.1. The molecule has 1 amide bonds. The molecule has 0 spiro atoms. The largest absolute Gasteiger partial charge is 0.488 e. The van der Waals surface area contributed by atoms with Gasteiger partial charge in [0, 0.05) is 43.7 Å². The minimum Gasteiger partial charge on any atom is -0.488 e. The first kappa shape index (κ1) is 33.1. The average Bonchev–Trinajstić information content (AvgIpc) is 3.83. The number of ether oxygens (including phenoxy) is 1. The molecular formula is C37H38F2N8O3. The summed E-state index contributed by atoms with van der Waals surface area (Å²) in [4.78, 5) is 26.9. The number of aryl methyl sites for hydroxylation is 2. The maximum atomic E-state index is 14.8. The number of carbonyl (C=O) groups excluding carboxylic acids is 1. The van der Waals surface area contributed by atoms with Crippen molar-refractivity contribution < 1.29 is 23.4 Å².